The summed E-state index contributed by atoms with van der Waals surface area (Å²) in [6.45, 7) is 0. The molecule has 0 aliphatic heterocycles. The highest BCUT2D eigenvalue weighted by atomic mass is 35.5. The van der Waals surface area contributed by atoms with Crippen molar-refractivity contribution in [3.05, 3.63) is 58.1 Å². The average Bonchev–Trinajstić information content (AvgIpc) is 3.00. The molecule has 5 nitrogen and oxygen atoms in total. The zero-order chi connectivity index (χ0) is 17.8. The lowest BCUT2D eigenvalue weighted by Gasteiger charge is -2.07. The van der Waals surface area contributed by atoms with Crippen molar-refractivity contribution >= 4 is 68.3 Å². The lowest BCUT2D eigenvalue weighted by atomic mass is 10.2. The molecule has 0 aliphatic carbocycles. The van der Waals surface area contributed by atoms with E-state index in [2.05, 4.69) is 15.8 Å². The molecule has 0 atom stereocenters. The largest absolute Gasteiger partial charge is 0.272 e. The number of nitrogens with one attached hydrogen (secondary N) is 2. The summed E-state index contributed by atoms with van der Waals surface area (Å²) in [4.78, 5) is 28.2. The number of fused-ring (bicyclic) bond motifs is 1. The van der Waals surface area contributed by atoms with Crippen molar-refractivity contribution in [2.24, 2.45) is 0 Å². The van der Waals surface area contributed by atoms with E-state index >= 15 is 0 Å². The molecule has 2 N–H and O–H groups in total. The number of rotatable bonds is 4. The van der Waals surface area contributed by atoms with Crippen LogP contribution in [0, 0.1) is 0 Å². The molecular formula is C16H11Cl2N3O2S2. The van der Waals surface area contributed by atoms with Gasteiger partial charge in [0.05, 0.1) is 26.6 Å². The Morgan fingerprint density at radius 3 is 2.72 bits per heavy atom. The van der Waals surface area contributed by atoms with Crippen LogP contribution in [0.15, 0.2) is 46.8 Å². The van der Waals surface area contributed by atoms with Gasteiger partial charge in [0, 0.05) is 5.02 Å². The molecular weight excluding hydrogens is 401 g/mol. The zero-order valence-electron chi connectivity index (χ0n) is 12.6. The van der Waals surface area contributed by atoms with Gasteiger partial charge in [-0.1, -0.05) is 47.1 Å². The molecule has 3 rings (SSSR count). The Balaban J connectivity index is 1.52. The first-order valence-corrected chi connectivity index (χ1v) is 9.61. The molecule has 1 aromatic heterocycles. The van der Waals surface area contributed by atoms with Crippen LogP contribution < -0.4 is 10.9 Å². The number of hydrogen-bond acceptors (Lipinski definition) is 5. The SMILES string of the molecule is O=C(CSc1nc2cc(Cl)ccc2s1)NNC(=O)c1ccccc1Cl. The highest BCUT2D eigenvalue weighted by Crippen LogP contribution is 2.30. The predicted octanol–water partition coefficient (Wildman–Crippen LogP) is 4.16. The van der Waals surface area contributed by atoms with Crippen LogP contribution in [0.1, 0.15) is 10.4 Å². The maximum atomic E-state index is 12.0. The van der Waals surface area contributed by atoms with Crippen molar-refractivity contribution in [3.8, 4) is 0 Å². The van der Waals surface area contributed by atoms with Gasteiger partial charge in [-0.15, -0.1) is 11.3 Å². The van der Waals surface area contributed by atoms with Crippen molar-refractivity contribution in [1.82, 2.24) is 15.8 Å². The molecule has 0 spiro atoms. The second-order valence-corrected chi connectivity index (χ2v) is 7.96. The molecule has 3 aromatic rings. The second kappa shape index (κ2) is 8.05. The third kappa shape index (κ3) is 4.64. The van der Waals surface area contributed by atoms with E-state index in [1.165, 1.54) is 23.1 Å². The van der Waals surface area contributed by atoms with Crippen LogP contribution in [-0.4, -0.2) is 22.6 Å². The van der Waals surface area contributed by atoms with E-state index in [1.54, 1.807) is 36.4 Å². The first-order chi connectivity index (χ1) is 12.0. The monoisotopic (exact) mass is 411 g/mol. The standard InChI is InChI=1S/C16H11Cl2N3O2S2/c17-9-5-6-13-12(7-9)19-16(25-13)24-8-14(22)20-21-15(23)10-3-1-2-4-11(10)18/h1-7H,8H2,(H,20,22)(H,21,23). The molecule has 25 heavy (non-hydrogen) atoms. The maximum absolute atomic E-state index is 12.0. The fraction of sp³-hybridized carbons (Fsp3) is 0.0625. The van der Waals surface area contributed by atoms with Gasteiger partial charge in [-0.2, -0.15) is 0 Å². The van der Waals surface area contributed by atoms with Crippen LogP contribution in [0.2, 0.25) is 10.0 Å². The van der Waals surface area contributed by atoms with Crippen LogP contribution in [0.5, 0.6) is 0 Å². The van der Waals surface area contributed by atoms with Crippen molar-refractivity contribution in [1.29, 1.82) is 0 Å². The Hall–Kier alpha value is -1.80. The van der Waals surface area contributed by atoms with Crippen LogP contribution in [0.25, 0.3) is 10.2 Å². The molecule has 2 aromatic carbocycles. The van der Waals surface area contributed by atoms with Gasteiger partial charge in [-0.3, -0.25) is 20.4 Å². The van der Waals surface area contributed by atoms with E-state index in [-0.39, 0.29) is 11.7 Å². The molecule has 1 heterocycles. The van der Waals surface area contributed by atoms with Gasteiger partial charge < -0.3 is 0 Å². The number of benzene rings is 2. The minimum Gasteiger partial charge on any atom is -0.272 e. The smallest absolute Gasteiger partial charge is 0.271 e. The maximum Gasteiger partial charge on any atom is 0.271 e. The van der Waals surface area contributed by atoms with Gasteiger partial charge in [0.15, 0.2) is 4.34 Å². The third-order valence-corrected chi connectivity index (χ3v) is 5.83. The topological polar surface area (TPSA) is 71.1 Å². The Labute approximate surface area is 161 Å². The lowest BCUT2D eigenvalue weighted by molar-refractivity contribution is -0.119. The van der Waals surface area contributed by atoms with Gasteiger partial charge >= 0.3 is 0 Å². The summed E-state index contributed by atoms with van der Waals surface area (Å²) in [5, 5.41) is 0.936. The third-order valence-electron chi connectivity index (χ3n) is 3.09. The lowest BCUT2D eigenvalue weighted by Crippen LogP contribution is -2.42. The summed E-state index contributed by atoms with van der Waals surface area (Å²) in [5.41, 5.74) is 5.79. The van der Waals surface area contributed by atoms with E-state index in [1.807, 2.05) is 6.07 Å². The van der Waals surface area contributed by atoms with E-state index in [9.17, 15) is 9.59 Å². The van der Waals surface area contributed by atoms with Crippen molar-refractivity contribution < 1.29 is 9.59 Å². The molecule has 2 amide bonds. The summed E-state index contributed by atoms with van der Waals surface area (Å²) in [6, 6.07) is 12.1. The number of thiazole rings is 1. The van der Waals surface area contributed by atoms with Crippen molar-refractivity contribution in [2.45, 2.75) is 4.34 Å². The Bertz CT molecular complexity index is 946. The number of nitrogens with zero attached hydrogens (tertiary/aromatic N) is 1. The van der Waals surface area contributed by atoms with Gasteiger partial charge in [0.2, 0.25) is 5.91 Å². The van der Waals surface area contributed by atoms with E-state index in [4.69, 9.17) is 23.2 Å². The molecule has 0 fully saturated rings. The van der Waals surface area contributed by atoms with Gasteiger partial charge in [0.25, 0.3) is 5.91 Å². The molecule has 128 valence electrons. The summed E-state index contributed by atoms with van der Waals surface area (Å²) in [5.74, 6) is -0.697. The molecule has 9 heteroatoms. The molecule has 0 saturated carbocycles. The first kappa shape index (κ1) is 18.0. The zero-order valence-corrected chi connectivity index (χ0v) is 15.7. The predicted molar refractivity (Wildman–Crippen MR) is 102 cm³/mol. The Kier molecular flexibility index (Phi) is 5.80. The number of carbonyl (C=O) groups excluding carboxylic acids is 2. The van der Waals surface area contributed by atoms with E-state index < -0.39 is 5.91 Å². The minimum atomic E-state index is -0.474. The number of halogens is 2. The summed E-state index contributed by atoms with van der Waals surface area (Å²) >= 11 is 14.6. The number of aromatic nitrogens is 1. The number of thioether (sulfide) groups is 1. The highest BCUT2D eigenvalue weighted by Gasteiger charge is 2.12. The Morgan fingerprint density at radius 1 is 1.12 bits per heavy atom. The van der Waals surface area contributed by atoms with Crippen LogP contribution >= 0.6 is 46.3 Å². The number of amides is 2. The molecule has 0 bridgehead atoms. The summed E-state index contributed by atoms with van der Waals surface area (Å²) < 4.78 is 1.75. The number of carbonyl (C=O) groups is 2. The van der Waals surface area contributed by atoms with Crippen molar-refractivity contribution in [2.75, 3.05) is 5.75 Å². The molecule has 0 aliphatic rings. The van der Waals surface area contributed by atoms with Gasteiger partial charge in [0.1, 0.15) is 0 Å². The van der Waals surface area contributed by atoms with Crippen molar-refractivity contribution in [3.63, 3.8) is 0 Å². The first-order valence-electron chi connectivity index (χ1n) is 7.05. The minimum absolute atomic E-state index is 0.121. The highest BCUT2D eigenvalue weighted by molar-refractivity contribution is 8.01. The van der Waals surface area contributed by atoms with Crippen LogP contribution in [-0.2, 0) is 4.79 Å². The number of hydrogen-bond donors (Lipinski definition) is 2. The van der Waals surface area contributed by atoms with E-state index in [0.717, 1.165) is 14.6 Å². The molecule has 0 unspecified atom stereocenters. The van der Waals surface area contributed by atoms with Gasteiger partial charge in [-0.05, 0) is 30.3 Å². The second-order valence-electron chi connectivity index (χ2n) is 4.86. The van der Waals surface area contributed by atoms with Crippen LogP contribution in [0.4, 0.5) is 0 Å². The summed E-state index contributed by atoms with van der Waals surface area (Å²) in [6.07, 6.45) is 0. The quantitative estimate of drug-likeness (QED) is 0.499. The number of hydrazine groups is 1. The fourth-order valence-corrected chi connectivity index (χ4v) is 4.18. The van der Waals surface area contributed by atoms with Gasteiger partial charge in [-0.25, -0.2) is 4.98 Å². The summed E-state index contributed by atoms with van der Waals surface area (Å²) in [7, 11) is 0. The molecule has 0 saturated heterocycles. The fourth-order valence-electron chi connectivity index (χ4n) is 1.94. The average molecular weight is 412 g/mol. The van der Waals surface area contributed by atoms with E-state index in [0.29, 0.717) is 15.6 Å². The normalized spacial score (nSPS) is 10.6. The Morgan fingerprint density at radius 2 is 1.92 bits per heavy atom. The molecule has 0 radical (unpaired) electrons. The van der Waals surface area contributed by atoms with Crippen LogP contribution in [0.3, 0.4) is 0 Å².